The van der Waals surface area contributed by atoms with Crippen molar-refractivity contribution in [2.24, 2.45) is 0 Å². The van der Waals surface area contributed by atoms with Crippen LogP contribution in [0, 0.1) is 0 Å². The minimum atomic E-state index is 0.139. The highest BCUT2D eigenvalue weighted by atomic mass is 32.2. The van der Waals surface area contributed by atoms with E-state index < -0.39 is 0 Å². The van der Waals surface area contributed by atoms with Crippen LogP contribution >= 0.6 is 11.8 Å². The lowest BCUT2D eigenvalue weighted by Gasteiger charge is -2.11. The van der Waals surface area contributed by atoms with E-state index in [1.165, 1.54) is 0 Å². The topological polar surface area (TPSA) is 183 Å². The van der Waals surface area contributed by atoms with Crippen molar-refractivity contribution in [3.8, 4) is 28.6 Å². The molecule has 0 spiro atoms. The second kappa shape index (κ2) is 17.2. The summed E-state index contributed by atoms with van der Waals surface area (Å²) in [6.07, 6.45) is 10.4. The molecule has 6 rings (SSSR count). The Kier molecular flexibility index (Phi) is 12.2. The summed E-state index contributed by atoms with van der Waals surface area (Å²) in [6.45, 7) is 6.89. The molecule has 0 bridgehead atoms. The number of aromatic nitrogens is 8. The highest BCUT2D eigenvalue weighted by Gasteiger charge is 2.15. The van der Waals surface area contributed by atoms with Gasteiger partial charge in [-0.3, -0.25) is 0 Å². The summed E-state index contributed by atoms with van der Waals surface area (Å²) in [5.74, 6) is 2.02. The summed E-state index contributed by atoms with van der Waals surface area (Å²) in [5.41, 5.74) is 17.0. The van der Waals surface area contributed by atoms with Gasteiger partial charge in [0.2, 0.25) is 17.8 Å². The lowest BCUT2D eigenvalue weighted by molar-refractivity contribution is 0.298. The number of fused-ring (bicyclic) bond motifs is 2. The molecular formula is C36H40N10O3S. The number of methoxy groups -OCH3 is 2. The van der Waals surface area contributed by atoms with E-state index in [0.29, 0.717) is 63.0 Å². The SMILES string of the molecule is CCCCCOc1nc(N)nc2ncc(C=Cc3ccccc3)nc12.COc1ccc(-c2cnc3nc(N)nc(SC(C)C)c3n2)cc1OC. The largest absolute Gasteiger partial charge is 0.493 e. The maximum Gasteiger partial charge on any atom is 0.247 e. The van der Waals surface area contributed by atoms with E-state index in [2.05, 4.69) is 55.7 Å². The van der Waals surface area contributed by atoms with E-state index in [1.54, 1.807) is 38.4 Å². The van der Waals surface area contributed by atoms with Gasteiger partial charge >= 0.3 is 0 Å². The number of thioether (sulfide) groups is 1. The van der Waals surface area contributed by atoms with Gasteiger partial charge in [0.15, 0.2) is 28.3 Å². The molecule has 0 saturated carbocycles. The first-order valence-electron chi connectivity index (χ1n) is 16.1. The first kappa shape index (κ1) is 35.7. The molecule has 258 valence electrons. The number of ether oxygens (including phenoxy) is 3. The molecule has 4 aromatic heterocycles. The smallest absolute Gasteiger partial charge is 0.247 e. The number of rotatable bonds is 12. The van der Waals surface area contributed by atoms with Crippen molar-refractivity contribution in [2.45, 2.75) is 50.3 Å². The van der Waals surface area contributed by atoms with E-state index in [0.717, 1.165) is 35.4 Å². The number of unbranched alkanes of at least 4 members (excludes halogenated alkanes) is 2. The average molecular weight is 693 g/mol. The fourth-order valence-corrected chi connectivity index (χ4v) is 5.54. The van der Waals surface area contributed by atoms with Crippen molar-refractivity contribution in [2.75, 3.05) is 32.3 Å². The van der Waals surface area contributed by atoms with Crippen molar-refractivity contribution in [3.63, 3.8) is 0 Å². The van der Waals surface area contributed by atoms with Crippen molar-refractivity contribution < 1.29 is 14.2 Å². The minimum absolute atomic E-state index is 0.139. The summed E-state index contributed by atoms with van der Waals surface area (Å²) in [4.78, 5) is 34.8. The second-order valence-electron chi connectivity index (χ2n) is 11.2. The van der Waals surface area contributed by atoms with Crippen molar-refractivity contribution in [1.29, 1.82) is 0 Å². The first-order chi connectivity index (χ1) is 24.3. The van der Waals surface area contributed by atoms with Gasteiger partial charge < -0.3 is 25.7 Å². The van der Waals surface area contributed by atoms with Crippen molar-refractivity contribution in [1.82, 2.24) is 39.9 Å². The summed E-state index contributed by atoms with van der Waals surface area (Å²) in [5, 5.41) is 1.07. The molecule has 0 aliphatic carbocycles. The van der Waals surface area contributed by atoms with Gasteiger partial charge in [-0.05, 0) is 36.3 Å². The van der Waals surface area contributed by atoms with Crippen LogP contribution in [-0.2, 0) is 0 Å². The molecule has 14 heteroatoms. The number of nitrogens with zero attached hydrogens (tertiary/aromatic N) is 8. The summed E-state index contributed by atoms with van der Waals surface area (Å²) >= 11 is 1.58. The zero-order valence-electron chi connectivity index (χ0n) is 28.7. The number of hydrogen-bond donors (Lipinski definition) is 2. The minimum Gasteiger partial charge on any atom is -0.493 e. The lowest BCUT2D eigenvalue weighted by atomic mass is 10.1. The summed E-state index contributed by atoms with van der Waals surface area (Å²) in [7, 11) is 3.20. The maximum atomic E-state index is 5.79. The molecule has 2 aromatic carbocycles. The van der Waals surface area contributed by atoms with Gasteiger partial charge in [0, 0.05) is 10.8 Å². The Labute approximate surface area is 295 Å². The third kappa shape index (κ3) is 9.29. The van der Waals surface area contributed by atoms with Gasteiger partial charge in [-0.25, -0.2) is 24.9 Å². The van der Waals surface area contributed by atoms with Crippen LogP contribution in [-0.4, -0.2) is 65.9 Å². The Balaban J connectivity index is 0.000000194. The van der Waals surface area contributed by atoms with Crippen LogP contribution in [0.3, 0.4) is 0 Å². The normalized spacial score (nSPS) is 11.2. The van der Waals surface area contributed by atoms with E-state index in [-0.39, 0.29) is 11.9 Å². The van der Waals surface area contributed by atoms with Gasteiger partial charge in [0.1, 0.15) is 10.5 Å². The van der Waals surface area contributed by atoms with Crippen molar-refractivity contribution in [3.05, 3.63) is 72.2 Å². The van der Waals surface area contributed by atoms with Crippen LogP contribution in [0.4, 0.5) is 11.9 Å². The Morgan fingerprint density at radius 2 is 1.48 bits per heavy atom. The summed E-state index contributed by atoms with van der Waals surface area (Å²) < 4.78 is 16.4. The number of nitrogen functional groups attached to an aromatic ring is 2. The molecule has 13 nitrogen and oxygen atoms in total. The molecule has 0 aliphatic heterocycles. The fourth-order valence-electron chi connectivity index (χ4n) is 4.70. The van der Waals surface area contributed by atoms with Crippen LogP contribution in [0.1, 0.15) is 51.3 Å². The Morgan fingerprint density at radius 1 is 0.760 bits per heavy atom. The van der Waals surface area contributed by atoms with Crippen LogP contribution in [0.5, 0.6) is 17.4 Å². The predicted molar refractivity (Wildman–Crippen MR) is 199 cm³/mol. The average Bonchev–Trinajstić information content (AvgIpc) is 3.12. The lowest BCUT2D eigenvalue weighted by Crippen LogP contribution is -2.05. The monoisotopic (exact) mass is 692 g/mol. The zero-order chi connectivity index (χ0) is 35.5. The van der Waals surface area contributed by atoms with E-state index in [9.17, 15) is 0 Å². The number of nitrogens with two attached hydrogens (primary N) is 2. The van der Waals surface area contributed by atoms with Gasteiger partial charge in [-0.15, -0.1) is 11.8 Å². The summed E-state index contributed by atoms with van der Waals surface area (Å²) in [6, 6.07) is 15.6. The highest BCUT2D eigenvalue weighted by molar-refractivity contribution is 8.00. The van der Waals surface area contributed by atoms with Crippen molar-refractivity contribution >= 4 is 58.1 Å². The molecule has 0 saturated heterocycles. The zero-order valence-corrected chi connectivity index (χ0v) is 29.5. The Bertz CT molecular complexity index is 2080. The van der Waals surface area contributed by atoms with Crippen LogP contribution < -0.4 is 25.7 Å². The van der Waals surface area contributed by atoms with Crippen LogP contribution in [0.25, 0.3) is 45.7 Å². The van der Waals surface area contributed by atoms with Gasteiger partial charge in [0.25, 0.3) is 0 Å². The van der Waals surface area contributed by atoms with Gasteiger partial charge in [0.05, 0.1) is 44.6 Å². The quantitative estimate of drug-likeness (QED) is 0.0765. The molecule has 0 aliphatic rings. The molecule has 6 aromatic rings. The second-order valence-corrected chi connectivity index (χ2v) is 12.8. The highest BCUT2D eigenvalue weighted by Crippen LogP contribution is 2.33. The van der Waals surface area contributed by atoms with Gasteiger partial charge in [-0.2, -0.15) is 15.0 Å². The maximum absolute atomic E-state index is 5.79. The molecule has 0 unspecified atom stereocenters. The molecule has 0 radical (unpaired) electrons. The number of hydrogen-bond acceptors (Lipinski definition) is 14. The molecule has 4 heterocycles. The first-order valence-corrected chi connectivity index (χ1v) is 17.0. The molecule has 0 amide bonds. The molecular weight excluding hydrogens is 653 g/mol. The van der Waals surface area contributed by atoms with Gasteiger partial charge in [-0.1, -0.05) is 70.0 Å². The molecule has 0 fully saturated rings. The van der Waals surface area contributed by atoms with Crippen LogP contribution in [0.2, 0.25) is 0 Å². The van der Waals surface area contributed by atoms with E-state index in [1.807, 2.05) is 60.7 Å². The molecule has 50 heavy (non-hydrogen) atoms. The Morgan fingerprint density at radius 3 is 2.20 bits per heavy atom. The third-order valence-corrected chi connectivity index (χ3v) is 8.04. The number of anilines is 2. The van der Waals surface area contributed by atoms with E-state index in [4.69, 9.17) is 30.7 Å². The standard InChI is InChI=1S/C19H21N5O.C17H19N5O2S/c1-2-3-7-12-25-18-16-17(23-19(20)24-18)21-13-15(22-16)11-10-14-8-5-4-6-9-14;1-9(2)25-16-14-15(21-17(18)22-16)19-8-11(20-14)10-5-6-12(23-3)13(7-10)24-4/h4-6,8-11,13H,2-3,7,12H2,1H3,(H2,20,21,23,24);5-9H,1-4H3,(H2,18,19,21,22). The third-order valence-electron chi connectivity index (χ3n) is 7.06. The van der Waals surface area contributed by atoms with E-state index >= 15 is 0 Å². The molecule has 4 N–H and O–H groups in total. The van der Waals surface area contributed by atoms with Crippen LogP contribution in [0.15, 0.2) is 66.0 Å². The number of benzene rings is 2. The Hall–Kier alpha value is -5.63. The fraction of sp³-hybridized carbons (Fsp3) is 0.278. The predicted octanol–water partition coefficient (Wildman–Crippen LogP) is 6.93. The molecule has 0 atom stereocenters.